The first-order valence-electron chi connectivity index (χ1n) is 4.62. The highest BCUT2D eigenvalue weighted by molar-refractivity contribution is 5.77. The fraction of sp³-hybridized carbons (Fsp3) is 0.167. The Hall–Kier alpha value is -1.50. The van der Waals surface area contributed by atoms with Crippen molar-refractivity contribution in [2.24, 2.45) is 0 Å². The summed E-state index contributed by atoms with van der Waals surface area (Å²) in [7, 11) is 0. The van der Waals surface area contributed by atoms with E-state index < -0.39 is 0 Å². The molecule has 0 aromatic rings. The Kier molecular flexibility index (Phi) is 0.732. The largest absolute Gasteiger partial charge is 0.477 e. The third kappa shape index (κ3) is 0.440. The highest BCUT2D eigenvalue weighted by atomic mass is 16.5. The fourth-order valence-corrected chi connectivity index (χ4v) is 2.63. The normalized spacial score (nSPS) is 36.3. The Labute approximate surface area is 76.4 Å². The third-order valence-electron chi connectivity index (χ3n) is 3.19. The van der Waals surface area contributed by atoms with E-state index in [9.17, 15) is 0 Å². The third-order valence-corrected chi connectivity index (χ3v) is 3.19. The van der Waals surface area contributed by atoms with Crippen molar-refractivity contribution < 1.29 is 4.74 Å². The van der Waals surface area contributed by atoms with Crippen LogP contribution in [0.5, 0.6) is 0 Å². The first-order chi connectivity index (χ1) is 6.42. The Bertz CT molecular complexity index is 471. The molecular formula is C12H8O. The van der Waals surface area contributed by atoms with E-state index in [2.05, 4.69) is 36.5 Å². The van der Waals surface area contributed by atoms with Crippen molar-refractivity contribution in [1.29, 1.82) is 0 Å². The predicted octanol–water partition coefficient (Wildman–Crippen LogP) is 2.41. The van der Waals surface area contributed by atoms with Gasteiger partial charge in [-0.2, -0.15) is 0 Å². The lowest BCUT2D eigenvalue weighted by Crippen LogP contribution is -2.52. The summed E-state index contributed by atoms with van der Waals surface area (Å²) in [5.74, 6) is 1.18. The SMILES string of the molecule is C1=CC2=C3C=CCC4=C3C2(C=C1)O4. The van der Waals surface area contributed by atoms with Gasteiger partial charge in [0.1, 0.15) is 5.76 Å². The summed E-state index contributed by atoms with van der Waals surface area (Å²) in [6, 6.07) is 0. The van der Waals surface area contributed by atoms with Gasteiger partial charge >= 0.3 is 0 Å². The molecular weight excluding hydrogens is 160 g/mol. The van der Waals surface area contributed by atoms with E-state index in [1.807, 2.05) is 0 Å². The summed E-state index contributed by atoms with van der Waals surface area (Å²) in [4.78, 5) is 0. The van der Waals surface area contributed by atoms with Crippen LogP contribution in [-0.4, -0.2) is 5.60 Å². The molecule has 1 aliphatic heterocycles. The summed E-state index contributed by atoms with van der Waals surface area (Å²) in [6.45, 7) is 0. The number of rotatable bonds is 0. The molecule has 13 heavy (non-hydrogen) atoms. The van der Waals surface area contributed by atoms with Gasteiger partial charge in [0.15, 0.2) is 5.60 Å². The average Bonchev–Trinajstić information content (AvgIpc) is 2.12. The lowest BCUT2D eigenvalue weighted by atomic mass is 9.61. The quantitative estimate of drug-likeness (QED) is 0.539. The monoisotopic (exact) mass is 168 g/mol. The van der Waals surface area contributed by atoms with Gasteiger partial charge in [0.2, 0.25) is 0 Å². The summed E-state index contributed by atoms with van der Waals surface area (Å²) < 4.78 is 5.83. The van der Waals surface area contributed by atoms with Gasteiger partial charge in [-0.05, 0) is 11.6 Å². The Balaban J connectivity index is 2.07. The molecule has 3 aliphatic carbocycles. The number of ether oxygens (including phenoxy) is 1. The Morgan fingerprint density at radius 3 is 3.23 bits per heavy atom. The molecule has 0 fully saturated rings. The molecule has 0 aromatic heterocycles. The van der Waals surface area contributed by atoms with Crippen LogP contribution < -0.4 is 0 Å². The molecule has 0 N–H and O–H groups in total. The smallest absolute Gasteiger partial charge is 0.182 e. The van der Waals surface area contributed by atoms with Crippen molar-refractivity contribution in [3.63, 3.8) is 0 Å². The van der Waals surface area contributed by atoms with Crippen molar-refractivity contribution in [3.05, 3.63) is 58.9 Å². The van der Waals surface area contributed by atoms with Gasteiger partial charge in [-0.3, -0.25) is 0 Å². The summed E-state index contributed by atoms with van der Waals surface area (Å²) >= 11 is 0. The lowest BCUT2D eigenvalue weighted by Gasteiger charge is -2.55. The van der Waals surface area contributed by atoms with Crippen molar-refractivity contribution in [1.82, 2.24) is 0 Å². The molecule has 1 unspecified atom stereocenters. The van der Waals surface area contributed by atoms with Crippen LogP contribution in [-0.2, 0) is 4.74 Å². The Morgan fingerprint density at radius 2 is 2.23 bits per heavy atom. The molecule has 0 radical (unpaired) electrons. The molecule has 1 spiro atoms. The number of hydrogen-bond donors (Lipinski definition) is 0. The van der Waals surface area contributed by atoms with Crippen LogP contribution in [0.25, 0.3) is 0 Å². The minimum atomic E-state index is -0.107. The second-order valence-corrected chi connectivity index (χ2v) is 3.79. The molecule has 0 bridgehead atoms. The van der Waals surface area contributed by atoms with Gasteiger partial charge in [-0.25, -0.2) is 0 Å². The van der Waals surface area contributed by atoms with E-state index >= 15 is 0 Å². The topological polar surface area (TPSA) is 9.23 Å². The van der Waals surface area contributed by atoms with Crippen LogP contribution in [0.4, 0.5) is 0 Å². The lowest BCUT2D eigenvalue weighted by molar-refractivity contribution is 0.0330. The van der Waals surface area contributed by atoms with Crippen molar-refractivity contribution >= 4 is 0 Å². The molecule has 0 aromatic carbocycles. The zero-order valence-corrected chi connectivity index (χ0v) is 7.08. The highest BCUT2D eigenvalue weighted by Gasteiger charge is 2.58. The molecule has 1 heterocycles. The van der Waals surface area contributed by atoms with E-state index in [-0.39, 0.29) is 5.60 Å². The van der Waals surface area contributed by atoms with E-state index in [1.54, 1.807) is 0 Å². The molecule has 62 valence electrons. The van der Waals surface area contributed by atoms with Gasteiger partial charge in [0, 0.05) is 17.6 Å². The second-order valence-electron chi connectivity index (χ2n) is 3.79. The van der Waals surface area contributed by atoms with Crippen LogP contribution in [0, 0.1) is 0 Å². The molecule has 0 amide bonds. The van der Waals surface area contributed by atoms with Gasteiger partial charge in [-0.1, -0.05) is 30.4 Å². The summed E-state index contributed by atoms with van der Waals surface area (Å²) in [5, 5.41) is 0. The van der Waals surface area contributed by atoms with Gasteiger partial charge in [0.05, 0.1) is 0 Å². The fourth-order valence-electron chi connectivity index (χ4n) is 2.63. The minimum Gasteiger partial charge on any atom is -0.477 e. The highest BCUT2D eigenvalue weighted by Crippen LogP contribution is 2.61. The maximum atomic E-state index is 5.83. The van der Waals surface area contributed by atoms with Gasteiger partial charge in [0.25, 0.3) is 0 Å². The summed E-state index contributed by atoms with van der Waals surface area (Å²) in [6.07, 6.45) is 13.8. The molecule has 4 aliphatic rings. The van der Waals surface area contributed by atoms with Crippen LogP contribution in [0.1, 0.15) is 6.42 Å². The van der Waals surface area contributed by atoms with Crippen LogP contribution >= 0.6 is 0 Å². The maximum Gasteiger partial charge on any atom is 0.182 e. The van der Waals surface area contributed by atoms with E-state index in [4.69, 9.17) is 4.74 Å². The minimum absolute atomic E-state index is 0.107. The molecule has 1 atom stereocenters. The van der Waals surface area contributed by atoms with Gasteiger partial charge < -0.3 is 4.74 Å². The molecule has 0 saturated heterocycles. The van der Waals surface area contributed by atoms with E-state index in [0.29, 0.717) is 0 Å². The first-order valence-corrected chi connectivity index (χ1v) is 4.62. The van der Waals surface area contributed by atoms with Gasteiger partial charge in [-0.15, -0.1) is 0 Å². The zero-order chi connectivity index (χ0) is 8.47. The number of hydrogen-bond acceptors (Lipinski definition) is 1. The second kappa shape index (κ2) is 1.58. The molecule has 0 saturated carbocycles. The van der Waals surface area contributed by atoms with Crippen LogP contribution in [0.3, 0.4) is 0 Å². The van der Waals surface area contributed by atoms with Crippen molar-refractivity contribution in [2.45, 2.75) is 12.0 Å². The molecule has 1 heteroatoms. The zero-order valence-electron chi connectivity index (χ0n) is 7.08. The maximum absolute atomic E-state index is 5.83. The van der Waals surface area contributed by atoms with Crippen molar-refractivity contribution in [3.8, 4) is 0 Å². The molecule has 1 nitrogen and oxygen atoms in total. The Morgan fingerprint density at radius 1 is 1.23 bits per heavy atom. The predicted molar refractivity (Wildman–Crippen MR) is 49.9 cm³/mol. The van der Waals surface area contributed by atoms with Crippen LogP contribution in [0.15, 0.2) is 58.9 Å². The van der Waals surface area contributed by atoms with E-state index in [1.165, 1.54) is 22.5 Å². The van der Waals surface area contributed by atoms with Crippen LogP contribution in [0.2, 0.25) is 0 Å². The standard InChI is InChI=1S/C12H8O/c1-2-7-12-9(5-1)8-4-3-6-10(13-12)11(8)12/h1-5,7H,6H2. The van der Waals surface area contributed by atoms with E-state index in [0.717, 1.165) is 6.42 Å². The number of allylic oxidation sites excluding steroid dienone is 4. The van der Waals surface area contributed by atoms with Crippen molar-refractivity contribution in [2.75, 3.05) is 0 Å². The summed E-state index contributed by atoms with van der Waals surface area (Å²) in [5.41, 5.74) is 4.06. The first kappa shape index (κ1) is 6.03. The molecule has 4 rings (SSSR count). The average molecular weight is 168 g/mol.